The van der Waals surface area contributed by atoms with Gasteiger partial charge in [-0.25, -0.2) is 8.42 Å². The van der Waals surface area contributed by atoms with Gasteiger partial charge in [0.2, 0.25) is 0 Å². The van der Waals surface area contributed by atoms with Gasteiger partial charge in [0.15, 0.2) is 0 Å². The van der Waals surface area contributed by atoms with Crippen LogP contribution in [0.2, 0.25) is 0 Å². The van der Waals surface area contributed by atoms with Crippen LogP contribution in [0.5, 0.6) is 0 Å². The van der Waals surface area contributed by atoms with Gasteiger partial charge in [0.25, 0.3) is 0 Å². The molecule has 6 nitrogen and oxygen atoms in total. The van der Waals surface area contributed by atoms with Crippen molar-refractivity contribution in [1.82, 2.24) is 0 Å². The Labute approximate surface area is 146 Å². The molecule has 1 unspecified atom stereocenters. The van der Waals surface area contributed by atoms with Gasteiger partial charge in [0, 0.05) is 11.5 Å². The zero-order valence-electron chi connectivity index (χ0n) is 11.4. The van der Waals surface area contributed by atoms with Gasteiger partial charge in [-0.15, -0.1) is 0 Å². The molecule has 0 bridgehead atoms. The first-order valence-corrected chi connectivity index (χ1v) is 7.20. The fourth-order valence-electron chi connectivity index (χ4n) is 0.990. The maximum Gasteiger partial charge on any atom is 1.00 e. The quantitative estimate of drug-likeness (QED) is 0.537. The summed E-state index contributed by atoms with van der Waals surface area (Å²) >= 11 is 4.90. The normalized spacial score (nSPS) is 11.8. The van der Waals surface area contributed by atoms with E-state index in [1.165, 1.54) is 12.1 Å². The van der Waals surface area contributed by atoms with Gasteiger partial charge in [-0.3, -0.25) is 11.8 Å². The van der Waals surface area contributed by atoms with Crippen LogP contribution in [0, 0.1) is 6.92 Å². The summed E-state index contributed by atoms with van der Waals surface area (Å²) in [4.78, 5) is 0.114. The van der Waals surface area contributed by atoms with Crippen molar-refractivity contribution in [2.45, 2.75) is 24.3 Å². The summed E-state index contributed by atoms with van der Waals surface area (Å²) in [6.45, 7) is 1.54. The molecule has 0 aliphatic carbocycles. The number of sulfonamides is 1. The SMILES string of the molecule is Cc1ccc(S(=O)(=O)[N-]Cl)cc1.OCCC(O)CO.[Na+]. The largest absolute Gasteiger partial charge is 1.00 e. The predicted octanol–water partition coefficient (Wildman–Crippen LogP) is -2.06. The molecule has 0 spiro atoms. The van der Waals surface area contributed by atoms with E-state index < -0.39 is 16.1 Å². The third kappa shape index (κ3) is 9.28. The topological polar surface area (TPSA) is 109 Å². The van der Waals surface area contributed by atoms with Crippen molar-refractivity contribution in [2.75, 3.05) is 13.2 Å². The number of benzene rings is 1. The van der Waals surface area contributed by atoms with Crippen LogP contribution in [0.1, 0.15) is 12.0 Å². The Kier molecular flexibility index (Phi) is 13.4. The third-order valence-electron chi connectivity index (χ3n) is 2.08. The van der Waals surface area contributed by atoms with Gasteiger partial charge >= 0.3 is 29.6 Å². The Morgan fingerprint density at radius 2 is 1.75 bits per heavy atom. The van der Waals surface area contributed by atoms with E-state index in [0.717, 1.165) is 5.56 Å². The van der Waals surface area contributed by atoms with Gasteiger partial charge in [-0.2, -0.15) is 0 Å². The van der Waals surface area contributed by atoms with Crippen molar-refractivity contribution >= 4 is 21.8 Å². The molecule has 0 heterocycles. The van der Waals surface area contributed by atoms with Gasteiger partial charge in [-0.05, 0) is 25.5 Å². The number of aryl methyl sites for hydroxylation is 1. The van der Waals surface area contributed by atoms with Crippen molar-refractivity contribution in [3.63, 3.8) is 0 Å². The number of rotatable bonds is 5. The first kappa shape index (κ1) is 22.6. The van der Waals surface area contributed by atoms with Crippen molar-refractivity contribution in [3.05, 3.63) is 34.1 Å². The molecule has 1 aromatic rings. The molecular formula is C11H17ClNNaO5S. The minimum atomic E-state index is -3.62. The molecule has 0 aromatic heterocycles. The molecule has 20 heavy (non-hydrogen) atoms. The standard InChI is InChI=1S/C7H7ClNO2S.C4H10O3.Na/c1-6-2-4-7(5-3-6)12(10,11)9-8;5-2-1-4(7)3-6;/h2-5H,1H3;4-7H,1-3H2;/q-1;;+1. The molecule has 0 aliphatic heterocycles. The van der Waals surface area contributed by atoms with Crippen LogP contribution >= 0.6 is 11.8 Å². The Bertz CT molecular complexity index is 454. The molecule has 9 heteroatoms. The number of nitrogens with zero attached hydrogens (tertiary/aromatic N) is 1. The molecular weight excluding hydrogens is 317 g/mol. The summed E-state index contributed by atoms with van der Waals surface area (Å²) in [5, 5.41) is 24.6. The number of hydrogen-bond donors (Lipinski definition) is 3. The Morgan fingerprint density at radius 3 is 2.05 bits per heavy atom. The summed E-state index contributed by atoms with van der Waals surface area (Å²) < 4.78 is 24.8. The zero-order valence-corrected chi connectivity index (χ0v) is 15.0. The third-order valence-corrected chi connectivity index (χ3v) is 3.68. The van der Waals surface area contributed by atoms with Crippen molar-refractivity contribution in [1.29, 1.82) is 0 Å². The molecule has 0 aliphatic rings. The number of aliphatic hydroxyl groups excluding tert-OH is 3. The molecule has 0 saturated carbocycles. The smallest absolute Gasteiger partial charge is 0.458 e. The maximum atomic E-state index is 11.0. The Balaban J connectivity index is 0. The summed E-state index contributed by atoms with van der Waals surface area (Å²) in [5.41, 5.74) is 0.989. The second-order valence-electron chi connectivity index (χ2n) is 3.71. The van der Waals surface area contributed by atoms with Crippen molar-refractivity contribution in [3.8, 4) is 0 Å². The van der Waals surface area contributed by atoms with Crippen LogP contribution < -0.4 is 29.6 Å². The summed E-state index contributed by atoms with van der Waals surface area (Å²) in [6, 6.07) is 6.32. The monoisotopic (exact) mass is 333 g/mol. The van der Waals surface area contributed by atoms with Crippen molar-refractivity contribution < 1.29 is 53.3 Å². The van der Waals surface area contributed by atoms with Gasteiger partial charge in [0.1, 0.15) is 10.0 Å². The first-order valence-electron chi connectivity index (χ1n) is 5.42. The second kappa shape index (κ2) is 11.9. The molecule has 3 N–H and O–H groups in total. The second-order valence-corrected chi connectivity index (χ2v) is 5.68. The Morgan fingerprint density at radius 1 is 1.25 bits per heavy atom. The van der Waals surface area contributed by atoms with Crippen molar-refractivity contribution in [2.24, 2.45) is 0 Å². The van der Waals surface area contributed by atoms with Crippen LogP contribution in [-0.2, 0) is 10.0 Å². The first-order chi connectivity index (χ1) is 8.87. The minimum Gasteiger partial charge on any atom is -0.458 e. The van der Waals surface area contributed by atoms with E-state index in [9.17, 15) is 8.42 Å². The van der Waals surface area contributed by atoms with Crippen LogP contribution in [0.15, 0.2) is 29.2 Å². The van der Waals surface area contributed by atoms with E-state index in [2.05, 4.69) is 4.24 Å². The molecule has 1 atom stereocenters. The van der Waals surface area contributed by atoms with E-state index in [0.29, 0.717) is 0 Å². The molecule has 1 rings (SSSR count). The summed E-state index contributed by atoms with van der Waals surface area (Å²) in [5.74, 6) is 0. The zero-order chi connectivity index (χ0) is 14.9. The molecule has 1 aromatic carbocycles. The average molecular weight is 334 g/mol. The van der Waals surface area contributed by atoms with Gasteiger partial charge in [0.05, 0.1) is 12.7 Å². The summed E-state index contributed by atoms with van der Waals surface area (Å²) in [6.07, 6.45) is -0.485. The van der Waals surface area contributed by atoms with E-state index in [4.69, 9.17) is 27.1 Å². The molecule has 0 saturated heterocycles. The van der Waals surface area contributed by atoms with Crippen LogP contribution in [0.4, 0.5) is 0 Å². The Hall–Kier alpha value is 0.300. The van der Waals surface area contributed by atoms with Gasteiger partial charge in [-0.1, -0.05) is 17.7 Å². The van der Waals surface area contributed by atoms with Crippen LogP contribution in [0.25, 0.3) is 4.24 Å². The average Bonchev–Trinajstić information content (AvgIpc) is 2.40. The summed E-state index contributed by atoms with van der Waals surface area (Å²) in [7, 11) is -3.62. The molecule has 0 fully saturated rings. The van der Waals surface area contributed by atoms with Crippen LogP contribution in [0.3, 0.4) is 0 Å². The number of halogens is 1. The van der Waals surface area contributed by atoms with E-state index in [1.807, 2.05) is 6.92 Å². The number of aliphatic hydroxyl groups is 3. The van der Waals surface area contributed by atoms with Gasteiger partial charge < -0.3 is 19.6 Å². The van der Waals surface area contributed by atoms with E-state index >= 15 is 0 Å². The van der Waals surface area contributed by atoms with E-state index in [-0.39, 0.29) is 54.1 Å². The van der Waals surface area contributed by atoms with E-state index in [1.54, 1.807) is 12.1 Å². The maximum absolute atomic E-state index is 11.0. The van der Waals surface area contributed by atoms with Crippen LogP contribution in [-0.4, -0.2) is 43.1 Å². The number of hydrogen-bond acceptors (Lipinski definition) is 5. The molecule has 0 amide bonds. The minimum absolute atomic E-state index is 0. The fourth-order valence-corrected chi connectivity index (χ4v) is 1.79. The molecule has 110 valence electrons. The molecule has 0 radical (unpaired) electrons. The predicted molar refractivity (Wildman–Crippen MR) is 72.4 cm³/mol. The fraction of sp³-hybridized carbons (Fsp3) is 0.455.